The van der Waals surface area contributed by atoms with Crippen LogP contribution < -0.4 is 5.32 Å². The Morgan fingerprint density at radius 1 is 1.20 bits per heavy atom. The van der Waals surface area contributed by atoms with E-state index in [1.165, 1.54) is 32.2 Å². The highest BCUT2D eigenvalue weighted by atomic mass is 15.2. The van der Waals surface area contributed by atoms with Gasteiger partial charge in [-0.05, 0) is 32.7 Å². The van der Waals surface area contributed by atoms with Gasteiger partial charge in [0.2, 0.25) is 0 Å². The summed E-state index contributed by atoms with van der Waals surface area (Å²) in [6.07, 6.45) is 5.71. The second kappa shape index (κ2) is 6.49. The van der Waals surface area contributed by atoms with Gasteiger partial charge < -0.3 is 5.32 Å². The number of likely N-dealkylation sites (N-methyl/N-ethyl adjacent to an activating group) is 1. The third-order valence-electron chi connectivity index (χ3n) is 3.44. The van der Waals surface area contributed by atoms with E-state index in [9.17, 15) is 0 Å². The van der Waals surface area contributed by atoms with Crippen LogP contribution in [0.5, 0.6) is 0 Å². The standard InChI is InChI=1S/C13H28N2/c1-11(2)10-15(12(3)9-14-4)13-7-5-6-8-13/h11-14H,5-10H2,1-4H3. The zero-order chi connectivity index (χ0) is 11.3. The van der Waals surface area contributed by atoms with Gasteiger partial charge in [0.25, 0.3) is 0 Å². The average Bonchev–Trinajstić information content (AvgIpc) is 2.66. The Bertz CT molecular complexity index is 162. The first-order valence-corrected chi connectivity index (χ1v) is 6.55. The van der Waals surface area contributed by atoms with Crippen LogP contribution in [0.2, 0.25) is 0 Å². The summed E-state index contributed by atoms with van der Waals surface area (Å²) >= 11 is 0. The molecular weight excluding hydrogens is 184 g/mol. The summed E-state index contributed by atoms with van der Waals surface area (Å²) in [6.45, 7) is 9.38. The fourth-order valence-corrected chi connectivity index (χ4v) is 2.76. The van der Waals surface area contributed by atoms with Crippen LogP contribution in [-0.4, -0.2) is 37.1 Å². The minimum atomic E-state index is 0.681. The molecule has 15 heavy (non-hydrogen) atoms. The van der Waals surface area contributed by atoms with Gasteiger partial charge in [0.15, 0.2) is 0 Å². The van der Waals surface area contributed by atoms with Crippen molar-refractivity contribution >= 4 is 0 Å². The fraction of sp³-hybridized carbons (Fsp3) is 1.00. The van der Waals surface area contributed by atoms with Gasteiger partial charge in [-0.2, -0.15) is 0 Å². The molecule has 0 saturated heterocycles. The molecule has 1 aliphatic carbocycles. The van der Waals surface area contributed by atoms with Crippen molar-refractivity contribution in [1.82, 2.24) is 10.2 Å². The molecule has 90 valence electrons. The Hall–Kier alpha value is -0.0800. The largest absolute Gasteiger partial charge is 0.318 e. The molecule has 0 bridgehead atoms. The smallest absolute Gasteiger partial charge is 0.0195 e. The lowest BCUT2D eigenvalue weighted by Gasteiger charge is -2.35. The van der Waals surface area contributed by atoms with Crippen LogP contribution >= 0.6 is 0 Å². The van der Waals surface area contributed by atoms with Crippen LogP contribution in [0.15, 0.2) is 0 Å². The SMILES string of the molecule is CNCC(C)N(CC(C)C)C1CCCC1. The van der Waals surface area contributed by atoms with E-state index in [2.05, 4.69) is 38.0 Å². The molecular formula is C13H28N2. The minimum absolute atomic E-state index is 0.681. The highest BCUT2D eigenvalue weighted by molar-refractivity contribution is 4.82. The molecule has 0 aromatic carbocycles. The molecule has 1 atom stereocenters. The topological polar surface area (TPSA) is 15.3 Å². The van der Waals surface area contributed by atoms with E-state index in [-0.39, 0.29) is 0 Å². The third kappa shape index (κ3) is 4.12. The van der Waals surface area contributed by atoms with E-state index in [1.807, 2.05) is 0 Å². The van der Waals surface area contributed by atoms with Gasteiger partial charge in [-0.1, -0.05) is 26.7 Å². The van der Waals surface area contributed by atoms with Crippen LogP contribution in [0.1, 0.15) is 46.5 Å². The van der Waals surface area contributed by atoms with E-state index >= 15 is 0 Å². The van der Waals surface area contributed by atoms with Crippen LogP contribution in [0.3, 0.4) is 0 Å². The third-order valence-corrected chi connectivity index (χ3v) is 3.44. The Kier molecular flexibility index (Phi) is 5.62. The van der Waals surface area contributed by atoms with Crippen LogP contribution in [0, 0.1) is 5.92 Å². The maximum absolute atomic E-state index is 3.30. The van der Waals surface area contributed by atoms with Crippen molar-refractivity contribution in [3.8, 4) is 0 Å². The molecule has 1 N–H and O–H groups in total. The van der Waals surface area contributed by atoms with Crippen molar-refractivity contribution in [3.05, 3.63) is 0 Å². The first kappa shape index (κ1) is 13.0. The van der Waals surface area contributed by atoms with Gasteiger partial charge in [0, 0.05) is 25.2 Å². The van der Waals surface area contributed by atoms with Crippen molar-refractivity contribution in [1.29, 1.82) is 0 Å². The van der Waals surface area contributed by atoms with E-state index in [0.717, 1.165) is 18.5 Å². The Morgan fingerprint density at radius 3 is 2.27 bits per heavy atom. The lowest BCUT2D eigenvalue weighted by Crippen LogP contribution is -2.46. The first-order chi connectivity index (χ1) is 7.15. The summed E-state index contributed by atoms with van der Waals surface area (Å²) < 4.78 is 0. The molecule has 0 spiro atoms. The fourth-order valence-electron chi connectivity index (χ4n) is 2.76. The summed E-state index contributed by atoms with van der Waals surface area (Å²) in [5.41, 5.74) is 0. The number of rotatable bonds is 6. The molecule has 0 radical (unpaired) electrons. The molecule has 1 saturated carbocycles. The van der Waals surface area contributed by atoms with Crippen molar-refractivity contribution in [2.75, 3.05) is 20.1 Å². The highest BCUT2D eigenvalue weighted by Crippen LogP contribution is 2.25. The lowest BCUT2D eigenvalue weighted by molar-refractivity contribution is 0.127. The predicted molar refractivity (Wildman–Crippen MR) is 67.2 cm³/mol. The number of hydrogen-bond acceptors (Lipinski definition) is 2. The van der Waals surface area contributed by atoms with Gasteiger partial charge in [0.05, 0.1) is 0 Å². The molecule has 0 aliphatic heterocycles. The zero-order valence-corrected chi connectivity index (χ0v) is 10.9. The van der Waals surface area contributed by atoms with Gasteiger partial charge >= 0.3 is 0 Å². The first-order valence-electron chi connectivity index (χ1n) is 6.55. The summed E-state index contributed by atoms with van der Waals surface area (Å²) in [5.74, 6) is 0.782. The second-order valence-electron chi connectivity index (χ2n) is 5.44. The molecule has 1 aliphatic rings. The molecule has 0 aromatic rings. The van der Waals surface area contributed by atoms with Crippen LogP contribution in [0.25, 0.3) is 0 Å². The average molecular weight is 212 g/mol. The molecule has 0 aromatic heterocycles. The lowest BCUT2D eigenvalue weighted by atomic mass is 10.1. The Balaban J connectivity index is 2.50. The zero-order valence-electron chi connectivity index (χ0n) is 10.9. The second-order valence-corrected chi connectivity index (χ2v) is 5.44. The van der Waals surface area contributed by atoms with E-state index in [4.69, 9.17) is 0 Å². The van der Waals surface area contributed by atoms with E-state index in [1.54, 1.807) is 0 Å². The molecule has 1 unspecified atom stereocenters. The maximum atomic E-state index is 3.30. The summed E-state index contributed by atoms with van der Waals surface area (Å²) in [6, 6.07) is 1.54. The van der Waals surface area contributed by atoms with Crippen molar-refractivity contribution in [3.63, 3.8) is 0 Å². The molecule has 0 amide bonds. The van der Waals surface area contributed by atoms with Crippen molar-refractivity contribution in [2.24, 2.45) is 5.92 Å². The number of nitrogens with zero attached hydrogens (tertiary/aromatic N) is 1. The summed E-state index contributed by atoms with van der Waals surface area (Å²) in [5, 5.41) is 3.30. The van der Waals surface area contributed by atoms with Crippen LogP contribution in [0.4, 0.5) is 0 Å². The molecule has 1 rings (SSSR count). The monoisotopic (exact) mass is 212 g/mol. The van der Waals surface area contributed by atoms with Gasteiger partial charge in [0.1, 0.15) is 0 Å². The van der Waals surface area contributed by atoms with E-state index in [0.29, 0.717) is 6.04 Å². The van der Waals surface area contributed by atoms with Gasteiger partial charge in [-0.25, -0.2) is 0 Å². The van der Waals surface area contributed by atoms with E-state index < -0.39 is 0 Å². The Morgan fingerprint density at radius 2 is 1.80 bits per heavy atom. The predicted octanol–water partition coefficient (Wildman–Crippen LogP) is 2.49. The number of nitrogens with one attached hydrogen (secondary N) is 1. The molecule has 0 heterocycles. The quantitative estimate of drug-likeness (QED) is 0.728. The number of hydrogen-bond donors (Lipinski definition) is 1. The maximum Gasteiger partial charge on any atom is 0.0195 e. The normalized spacial score (nSPS) is 20.4. The van der Waals surface area contributed by atoms with Crippen LogP contribution in [-0.2, 0) is 0 Å². The molecule has 1 fully saturated rings. The summed E-state index contributed by atoms with van der Waals surface area (Å²) in [4.78, 5) is 2.73. The Labute approximate surface area is 95.4 Å². The highest BCUT2D eigenvalue weighted by Gasteiger charge is 2.26. The molecule has 2 nitrogen and oxygen atoms in total. The summed E-state index contributed by atoms with van der Waals surface area (Å²) in [7, 11) is 2.05. The van der Waals surface area contributed by atoms with Gasteiger partial charge in [-0.3, -0.25) is 4.90 Å². The minimum Gasteiger partial charge on any atom is -0.318 e. The molecule has 2 heteroatoms. The van der Waals surface area contributed by atoms with Crippen molar-refractivity contribution in [2.45, 2.75) is 58.5 Å². The van der Waals surface area contributed by atoms with Gasteiger partial charge in [-0.15, -0.1) is 0 Å². The van der Waals surface area contributed by atoms with Crippen molar-refractivity contribution < 1.29 is 0 Å².